The molecule has 0 saturated heterocycles. The molecule has 3 rings (SSSR count). The van der Waals surface area contributed by atoms with Gasteiger partial charge in [-0.3, -0.25) is 4.79 Å². The number of carbonyl (C=O) groups is 1. The molecule has 1 N–H and O–H groups in total. The smallest absolute Gasteiger partial charge is 0.343 e. The van der Waals surface area contributed by atoms with Gasteiger partial charge in [0.1, 0.15) is 5.56 Å². The van der Waals surface area contributed by atoms with E-state index in [4.69, 9.17) is 33.2 Å². The van der Waals surface area contributed by atoms with Gasteiger partial charge in [-0.05, 0) is 37.6 Å². The first-order valence-electron chi connectivity index (χ1n) is 8.88. The van der Waals surface area contributed by atoms with Crippen LogP contribution in [0, 0.1) is 24.1 Å². The van der Waals surface area contributed by atoms with E-state index in [2.05, 4.69) is 4.98 Å². The van der Waals surface area contributed by atoms with Crippen molar-refractivity contribution < 1.29 is 13.9 Å². The van der Waals surface area contributed by atoms with Crippen molar-refractivity contribution in [1.82, 2.24) is 4.98 Å². The standard InChI is InChI=1S/C22H15Cl2FN2O3/c1-3-30-22(29)16-11(2)27-20-14(21(16)28)10-12(6-5-9-26)17(19(20)25)13-7-4-8-15(23)18(13)24/h4-8,10H,3H2,1-2H3,(H,27,28)/b6-5+. The number of hydrogen-bond donors (Lipinski definition) is 1. The quantitative estimate of drug-likeness (QED) is 0.415. The molecule has 0 radical (unpaired) electrons. The average molecular weight is 445 g/mol. The van der Waals surface area contributed by atoms with Crippen LogP contribution in [0.2, 0.25) is 10.0 Å². The highest BCUT2D eigenvalue weighted by Crippen LogP contribution is 2.39. The summed E-state index contributed by atoms with van der Waals surface area (Å²) in [5.41, 5.74) is -0.190. The van der Waals surface area contributed by atoms with Gasteiger partial charge in [0.2, 0.25) is 5.43 Å². The van der Waals surface area contributed by atoms with Crippen molar-refractivity contribution in [1.29, 1.82) is 5.26 Å². The van der Waals surface area contributed by atoms with Gasteiger partial charge < -0.3 is 9.72 Å². The normalized spacial score (nSPS) is 11.1. The number of hydrogen-bond acceptors (Lipinski definition) is 4. The number of esters is 1. The van der Waals surface area contributed by atoms with E-state index in [1.165, 1.54) is 19.1 Å². The van der Waals surface area contributed by atoms with E-state index in [0.29, 0.717) is 5.56 Å². The van der Waals surface area contributed by atoms with Crippen LogP contribution in [-0.4, -0.2) is 17.6 Å². The monoisotopic (exact) mass is 444 g/mol. The van der Waals surface area contributed by atoms with Crippen LogP contribution in [0.25, 0.3) is 28.1 Å². The summed E-state index contributed by atoms with van der Waals surface area (Å²) in [4.78, 5) is 28.0. The maximum absolute atomic E-state index is 15.7. The first kappa shape index (κ1) is 21.6. The molecule has 0 bridgehead atoms. The summed E-state index contributed by atoms with van der Waals surface area (Å²) in [6, 6.07) is 8.00. The summed E-state index contributed by atoms with van der Waals surface area (Å²) in [5, 5.41) is 9.23. The zero-order valence-electron chi connectivity index (χ0n) is 16.0. The summed E-state index contributed by atoms with van der Waals surface area (Å²) < 4.78 is 20.6. The Bertz CT molecular complexity index is 1310. The van der Waals surface area contributed by atoms with E-state index in [-0.39, 0.29) is 49.9 Å². The molecule has 5 nitrogen and oxygen atoms in total. The van der Waals surface area contributed by atoms with Gasteiger partial charge in [-0.25, -0.2) is 9.18 Å². The van der Waals surface area contributed by atoms with Gasteiger partial charge in [-0.2, -0.15) is 5.26 Å². The lowest BCUT2D eigenvalue weighted by atomic mass is 9.95. The first-order valence-corrected chi connectivity index (χ1v) is 9.64. The number of benzene rings is 2. The number of aromatic amines is 1. The number of nitrogens with zero attached hydrogens (tertiary/aromatic N) is 1. The molecule has 2 aromatic carbocycles. The Morgan fingerprint density at radius 1 is 1.37 bits per heavy atom. The molecule has 0 atom stereocenters. The topological polar surface area (TPSA) is 82.9 Å². The number of H-pyrrole nitrogens is 1. The molecule has 0 fully saturated rings. The van der Waals surface area contributed by atoms with Gasteiger partial charge in [0.05, 0.1) is 33.6 Å². The van der Waals surface area contributed by atoms with E-state index in [1.807, 2.05) is 6.07 Å². The highest BCUT2D eigenvalue weighted by molar-refractivity contribution is 6.43. The van der Waals surface area contributed by atoms with E-state index >= 15 is 4.39 Å². The number of nitrogens with one attached hydrogen (secondary N) is 1. The van der Waals surface area contributed by atoms with E-state index in [0.717, 1.165) is 6.08 Å². The number of aryl methyl sites for hydroxylation is 1. The zero-order valence-corrected chi connectivity index (χ0v) is 17.5. The molecule has 0 spiro atoms. The first-order chi connectivity index (χ1) is 14.3. The minimum atomic E-state index is -0.797. The van der Waals surface area contributed by atoms with Crippen LogP contribution in [0.3, 0.4) is 0 Å². The van der Waals surface area contributed by atoms with Crippen molar-refractivity contribution in [2.75, 3.05) is 6.61 Å². The Kier molecular flexibility index (Phi) is 6.25. The zero-order chi connectivity index (χ0) is 22.0. The molecule has 3 aromatic rings. The predicted molar refractivity (Wildman–Crippen MR) is 115 cm³/mol. The molecule has 30 heavy (non-hydrogen) atoms. The molecule has 1 aromatic heterocycles. The van der Waals surface area contributed by atoms with Crippen molar-refractivity contribution in [2.45, 2.75) is 13.8 Å². The van der Waals surface area contributed by atoms with Crippen LogP contribution in [0.1, 0.15) is 28.5 Å². The number of pyridine rings is 1. The van der Waals surface area contributed by atoms with Crippen LogP contribution in [-0.2, 0) is 4.74 Å². The molecule has 0 unspecified atom stereocenters. The second-order valence-electron chi connectivity index (χ2n) is 6.32. The highest BCUT2D eigenvalue weighted by Gasteiger charge is 2.23. The number of rotatable bonds is 4. The fourth-order valence-corrected chi connectivity index (χ4v) is 3.60. The van der Waals surface area contributed by atoms with E-state index in [1.54, 1.807) is 25.1 Å². The van der Waals surface area contributed by atoms with Gasteiger partial charge in [0.25, 0.3) is 0 Å². The largest absolute Gasteiger partial charge is 0.462 e. The Morgan fingerprint density at radius 3 is 2.77 bits per heavy atom. The molecule has 0 aliphatic carbocycles. The third-order valence-electron chi connectivity index (χ3n) is 4.49. The molecule has 1 heterocycles. The summed E-state index contributed by atoms with van der Waals surface area (Å²) in [7, 11) is 0. The van der Waals surface area contributed by atoms with E-state index < -0.39 is 17.2 Å². The molecule has 0 aliphatic rings. The van der Waals surface area contributed by atoms with Crippen molar-refractivity contribution in [3.05, 3.63) is 73.2 Å². The third kappa shape index (κ3) is 3.70. The molecular formula is C22H15Cl2FN2O3. The summed E-state index contributed by atoms with van der Waals surface area (Å²) in [6.07, 6.45) is 2.51. The highest BCUT2D eigenvalue weighted by atomic mass is 35.5. The second-order valence-corrected chi connectivity index (χ2v) is 7.10. The lowest BCUT2D eigenvalue weighted by molar-refractivity contribution is 0.0523. The number of ether oxygens (including phenoxy) is 1. The number of nitriles is 1. The summed E-state index contributed by atoms with van der Waals surface area (Å²) >= 11 is 12.4. The summed E-state index contributed by atoms with van der Waals surface area (Å²) in [6.45, 7) is 3.20. The molecule has 0 aliphatic heterocycles. The number of halogens is 3. The number of allylic oxidation sites excluding steroid dienone is 1. The molecular weight excluding hydrogens is 430 g/mol. The average Bonchev–Trinajstić information content (AvgIpc) is 2.70. The maximum atomic E-state index is 15.7. The fraction of sp³-hybridized carbons (Fsp3) is 0.136. The third-order valence-corrected chi connectivity index (χ3v) is 5.31. The Morgan fingerprint density at radius 2 is 2.10 bits per heavy atom. The lowest BCUT2D eigenvalue weighted by Crippen LogP contribution is -2.21. The maximum Gasteiger partial charge on any atom is 0.343 e. The van der Waals surface area contributed by atoms with Gasteiger partial charge in [0, 0.05) is 22.9 Å². The number of fused-ring (bicyclic) bond motifs is 1. The minimum Gasteiger partial charge on any atom is -0.462 e. The molecule has 0 amide bonds. The second kappa shape index (κ2) is 8.70. The molecule has 8 heteroatoms. The minimum absolute atomic E-state index is 0.0550. The Labute approximate surface area is 181 Å². The van der Waals surface area contributed by atoms with Crippen LogP contribution >= 0.6 is 23.2 Å². The van der Waals surface area contributed by atoms with Gasteiger partial charge in [0.15, 0.2) is 5.82 Å². The molecule has 0 saturated carbocycles. The Hall–Kier alpha value is -3.14. The fourth-order valence-electron chi connectivity index (χ4n) is 3.20. The van der Waals surface area contributed by atoms with Crippen molar-refractivity contribution in [3.8, 4) is 17.2 Å². The number of aromatic nitrogens is 1. The number of carbonyl (C=O) groups excluding carboxylic acids is 1. The van der Waals surface area contributed by atoms with Crippen molar-refractivity contribution >= 4 is 46.2 Å². The lowest BCUT2D eigenvalue weighted by Gasteiger charge is -2.15. The van der Waals surface area contributed by atoms with E-state index in [9.17, 15) is 9.59 Å². The van der Waals surface area contributed by atoms with Crippen molar-refractivity contribution in [2.24, 2.45) is 0 Å². The van der Waals surface area contributed by atoms with Gasteiger partial charge in [-0.15, -0.1) is 0 Å². The summed E-state index contributed by atoms with van der Waals surface area (Å²) in [5.74, 6) is -1.56. The van der Waals surface area contributed by atoms with Gasteiger partial charge in [-0.1, -0.05) is 35.3 Å². The van der Waals surface area contributed by atoms with Crippen molar-refractivity contribution in [3.63, 3.8) is 0 Å². The van der Waals surface area contributed by atoms with Crippen LogP contribution in [0.15, 0.2) is 35.1 Å². The molecule has 152 valence electrons. The van der Waals surface area contributed by atoms with Crippen LogP contribution in [0.5, 0.6) is 0 Å². The van der Waals surface area contributed by atoms with Crippen LogP contribution in [0.4, 0.5) is 4.39 Å². The van der Waals surface area contributed by atoms with Gasteiger partial charge >= 0.3 is 5.97 Å². The Balaban J connectivity index is 2.46. The predicted octanol–water partition coefficient (Wildman–Crippen LogP) is 5.66. The SMILES string of the molecule is CCOC(=O)c1c(C)[nH]c2c(F)c(-c3cccc(Cl)c3Cl)c(/C=C/C#N)cc2c1=O. The van der Waals surface area contributed by atoms with Crippen LogP contribution < -0.4 is 5.43 Å².